The zero-order chi connectivity index (χ0) is 20.2. The molecule has 9 nitrogen and oxygen atoms in total. The molecule has 9 heteroatoms. The molecule has 1 aliphatic rings. The molecule has 2 amide bonds. The van der Waals surface area contributed by atoms with Gasteiger partial charge in [-0.3, -0.25) is 18.9 Å². The van der Waals surface area contributed by atoms with Crippen molar-refractivity contribution < 1.29 is 14.0 Å². The normalized spacial score (nSPS) is 17.4. The molecule has 0 unspecified atom stereocenters. The summed E-state index contributed by atoms with van der Waals surface area (Å²) in [5.41, 5.74) is 0.856. The molecule has 4 rings (SSSR count). The molecular formula is C20H24N6O3. The van der Waals surface area contributed by atoms with Gasteiger partial charge in [0.05, 0.1) is 24.7 Å². The van der Waals surface area contributed by atoms with Gasteiger partial charge in [0.1, 0.15) is 11.5 Å². The lowest BCUT2D eigenvalue weighted by atomic mass is 10.1. The van der Waals surface area contributed by atoms with Crippen molar-refractivity contribution in [3.8, 4) is 0 Å². The van der Waals surface area contributed by atoms with E-state index in [0.29, 0.717) is 38.4 Å². The van der Waals surface area contributed by atoms with Crippen LogP contribution in [0.2, 0.25) is 0 Å². The number of aryl methyl sites for hydroxylation is 1. The number of fused-ring (bicyclic) bond motifs is 1. The van der Waals surface area contributed by atoms with Gasteiger partial charge in [-0.15, -0.1) is 0 Å². The third-order valence-corrected chi connectivity index (χ3v) is 4.96. The van der Waals surface area contributed by atoms with Crippen LogP contribution in [0.5, 0.6) is 0 Å². The van der Waals surface area contributed by atoms with Crippen molar-refractivity contribution in [1.82, 2.24) is 29.9 Å². The van der Waals surface area contributed by atoms with Crippen molar-refractivity contribution in [1.29, 1.82) is 0 Å². The second-order valence-corrected chi connectivity index (χ2v) is 7.15. The van der Waals surface area contributed by atoms with E-state index in [1.54, 1.807) is 6.20 Å². The number of carbonyl (C=O) groups is 2. The Hall–Kier alpha value is -3.20. The molecule has 1 saturated heterocycles. The SMILES string of the molecule is Cc1ccc(CN2CCNC(=O)[C@@H]2CC(=O)NCCc2cn3cccnc3n2)o1. The molecule has 4 heterocycles. The molecule has 0 aliphatic carbocycles. The number of nitrogens with zero attached hydrogens (tertiary/aromatic N) is 4. The Morgan fingerprint density at radius 1 is 1.41 bits per heavy atom. The molecule has 0 aromatic carbocycles. The van der Waals surface area contributed by atoms with Crippen molar-refractivity contribution >= 4 is 17.6 Å². The number of aromatic nitrogens is 3. The van der Waals surface area contributed by atoms with Crippen molar-refractivity contribution in [3.05, 3.63) is 54.0 Å². The quantitative estimate of drug-likeness (QED) is 0.609. The molecule has 1 aliphatic heterocycles. The van der Waals surface area contributed by atoms with Gasteiger partial charge in [-0.2, -0.15) is 0 Å². The van der Waals surface area contributed by atoms with E-state index in [9.17, 15) is 9.59 Å². The smallest absolute Gasteiger partial charge is 0.237 e. The van der Waals surface area contributed by atoms with Crippen LogP contribution in [-0.2, 0) is 22.6 Å². The van der Waals surface area contributed by atoms with Crippen LogP contribution < -0.4 is 10.6 Å². The van der Waals surface area contributed by atoms with Crippen LogP contribution in [0.1, 0.15) is 23.6 Å². The monoisotopic (exact) mass is 396 g/mol. The number of furan rings is 1. The number of hydrogen-bond donors (Lipinski definition) is 2. The lowest BCUT2D eigenvalue weighted by Crippen LogP contribution is -2.56. The molecule has 29 heavy (non-hydrogen) atoms. The van der Waals surface area contributed by atoms with Crippen LogP contribution >= 0.6 is 0 Å². The summed E-state index contributed by atoms with van der Waals surface area (Å²) in [6, 6.07) is 5.14. The summed E-state index contributed by atoms with van der Waals surface area (Å²) in [6.45, 7) is 4.09. The Kier molecular flexibility index (Phi) is 5.57. The molecule has 1 fully saturated rings. The largest absolute Gasteiger partial charge is 0.465 e. The standard InChI is InChI=1S/C20H24N6O3/c1-14-3-4-16(29-14)13-25-10-8-22-19(28)17(25)11-18(27)21-7-5-15-12-26-9-2-6-23-20(26)24-15/h2-4,6,9,12,17H,5,7-8,10-11,13H2,1H3,(H,21,27)(H,22,28)/t17-/m0/s1. The summed E-state index contributed by atoms with van der Waals surface area (Å²) in [6.07, 6.45) is 6.18. The highest BCUT2D eigenvalue weighted by atomic mass is 16.3. The molecule has 152 valence electrons. The maximum absolute atomic E-state index is 12.4. The van der Waals surface area contributed by atoms with Crippen LogP contribution in [-0.4, -0.2) is 56.8 Å². The third kappa shape index (κ3) is 4.62. The zero-order valence-corrected chi connectivity index (χ0v) is 16.3. The van der Waals surface area contributed by atoms with E-state index >= 15 is 0 Å². The summed E-state index contributed by atoms with van der Waals surface area (Å²) in [5.74, 6) is 1.98. The molecule has 0 bridgehead atoms. The number of piperazine rings is 1. The predicted octanol–water partition coefficient (Wildman–Crippen LogP) is 0.680. The maximum Gasteiger partial charge on any atom is 0.237 e. The first-order valence-corrected chi connectivity index (χ1v) is 9.71. The van der Waals surface area contributed by atoms with Gasteiger partial charge in [-0.1, -0.05) is 0 Å². The molecule has 3 aromatic heterocycles. The highest BCUT2D eigenvalue weighted by molar-refractivity contribution is 5.88. The molecule has 3 aromatic rings. The van der Waals surface area contributed by atoms with E-state index in [-0.39, 0.29) is 18.2 Å². The predicted molar refractivity (Wildman–Crippen MR) is 105 cm³/mol. The van der Waals surface area contributed by atoms with Gasteiger partial charge in [-0.05, 0) is 25.1 Å². The van der Waals surface area contributed by atoms with Gasteiger partial charge in [0.15, 0.2) is 0 Å². The second kappa shape index (κ2) is 8.44. The van der Waals surface area contributed by atoms with Crippen LogP contribution in [0.3, 0.4) is 0 Å². The van der Waals surface area contributed by atoms with Gasteiger partial charge in [0, 0.05) is 44.6 Å². The number of rotatable bonds is 7. The number of amides is 2. The zero-order valence-electron chi connectivity index (χ0n) is 16.3. The summed E-state index contributed by atoms with van der Waals surface area (Å²) >= 11 is 0. The minimum Gasteiger partial charge on any atom is -0.465 e. The van der Waals surface area contributed by atoms with E-state index in [0.717, 1.165) is 17.2 Å². The average Bonchev–Trinajstić information content (AvgIpc) is 3.30. The minimum atomic E-state index is -0.506. The number of hydrogen-bond acceptors (Lipinski definition) is 6. The number of imidazole rings is 1. The van der Waals surface area contributed by atoms with Crippen LogP contribution in [0.25, 0.3) is 5.78 Å². The highest BCUT2D eigenvalue weighted by Gasteiger charge is 2.32. The Morgan fingerprint density at radius 3 is 3.10 bits per heavy atom. The first kappa shape index (κ1) is 19.1. The van der Waals surface area contributed by atoms with E-state index < -0.39 is 6.04 Å². The van der Waals surface area contributed by atoms with Crippen molar-refractivity contribution in [3.63, 3.8) is 0 Å². The Morgan fingerprint density at radius 2 is 2.31 bits per heavy atom. The highest BCUT2D eigenvalue weighted by Crippen LogP contribution is 2.16. The third-order valence-electron chi connectivity index (χ3n) is 4.96. The van der Waals surface area contributed by atoms with Crippen molar-refractivity contribution in [2.24, 2.45) is 0 Å². The topological polar surface area (TPSA) is 105 Å². The molecule has 1 atom stereocenters. The Bertz CT molecular complexity index is 977. The maximum atomic E-state index is 12.4. The average molecular weight is 396 g/mol. The van der Waals surface area contributed by atoms with Gasteiger partial charge >= 0.3 is 0 Å². The van der Waals surface area contributed by atoms with Gasteiger partial charge < -0.3 is 15.1 Å². The summed E-state index contributed by atoms with van der Waals surface area (Å²) in [5, 5.41) is 5.74. The second-order valence-electron chi connectivity index (χ2n) is 7.15. The van der Waals surface area contributed by atoms with Crippen molar-refractivity contribution in [2.45, 2.75) is 32.4 Å². The van der Waals surface area contributed by atoms with E-state index in [1.165, 1.54) is 0 Å². The fraction of sp³-hybridized carbons (Fsp3) is 0.400. The first-order valence-electron chi connectivity index (χ1n) is 9.71. The summed E-state index contributed by atoms with van der Waals surface area (Å²) in [7, 11) is 0. The fourth-order valence-corrected chi connectivity index (χ4v) is 3.52. The summed E-state index contributed by atoms with van der Waals surface area (Å²) in [4.78, 5) is 35.4. The Balaban J connectivity index is 1.30. The molecular weight excluding hydrogens is 372 g/mol. The number of nitrogens with one attached hydrogen (secondary N) is 2. The Labute approximate surface area is 168 Å². The molecule has 0 spiro atoms. The first-order chi connectivity index (χ1) is 14.1. The van der Waals surface area contributed by atoms with Gasteiger partial charge in [0.25, 0.3) is 0 Å². The van der Waals surface area contributed by atoms with E-state index in [1.807, 2.05) is 46.8 Å². The van der Waals surface area contributed by atoms with Crippen LogP contribution in [0.15, 0.2) is 41.2 Å². The van der Waals surface area contributed by atoms with E-state index in [4.69, 9.17) is 4.42 Å². The van der Waals surface area contributed by atoms with Crippen LogP contribution in [0, 0.1) is 6.92 Å². The lowest BCUT2D eigenvalue weighted by Gasteiger charge is -2.34. The fourth-order valence-electron chi connectivity index (χ4n) is 3.52. The van der Waals surface area contributed by atoms with Gasteiger partial charge in [0.2, 0.25) is 17.6 Å². The molecule has 2 N–H and O–H groups in total. The molecule has 0 radical (unpaired) electrons. The van der Waals surface area contributed by atoms with E-state index in [2.05, 4.69) is 20.6 Å². The molecule has 0 saturated carbocycles. The van der Waals surface area contributed by atoms with Gasteiger partial charge in [-0.25, -0.2) is 9.97 Å². The minimum absolute atomic E-state index is 0.109. The van der Waals surface area contributed by atoms with Crippen LogP contribution in [0.4, 0.5) is 0 Å². The summed E-state index contributed by atoms with van der Waals surface area (Å²) < 4.78 is 7.47. The lowest BCUT2D eigenvalue weighted by molar-refractivity contribution is -0.134. The number of carbonyl (C=O) groups excluding carboxylic acids is 2. The van der Waals surface area contributed by atoms with Crippen molar-refractivity contribution in [2.75, 3.05) is 19.6 Å².